The van der Waals surface area contributed by atoms with E-state index in [2.05, 4.69) is 15.7 Å². The van der Waals surface area contributed by atoms with Crippen LogP contribution < -0.4 is 16.6 Å². The normalized spacial score (nSPS) is 11.8. The number of hydrogen-bond acceptors (Lipinski definition) is 2. The zero-order chi connectivity index (χ0) is 13.7. The fourth-order valence-electron chi connectivity index (χ4n) is 1.18. The molecule has 0 aliphatic rings. The Hall–Kier alpha value is -1.40. The Bertz CT molecular complexity index is 426. The van der Waals surface area contributed by atoms with E-state index in [9.17, 15) is 8.78 Å². The highest BCUT2D eigenvalue weighted by Gasteiger charge is 2.11. The van der Waals surface area contributed by atoms with Gasteiger partial charge in [-0.25, -0.2) is 14.6 Å². The molecule has 7 heteroatoms. The summed E-state index contributed by atoms with van der Waals surface area (Å²) in [6.07, 6.45) is 0. The van der Waals surface area contributed by atoms with Crippen LogP contribution in [0.1, 0.15) is 13.8 Å². The van der Waals surface area contributed by atoms with E-state index in [-0.39, 0.29) is 16.7 Å². The van der Waals surface area contributed by atoms with Crippen molar-refractivity contribution in [2.45, 2.75) is 13.8 Å². The molecule has 0 aromatic heterocycles. The SMILES string of the molecule is CC(C)CN=C(NN)Nc1c(F)cc(F)cc1Cl. The summed E-state index contributed by atoms with van der Waals surface area (Å²) >= 11 is 5.73. The van der Waals surface area contributed by atoms with Gasteiger partial charge in [0.25, 0.3) is 0 Å². The van der Waals surface area contributed by atoms with Gasteiger partial charge in [0.15, 0.2) is 5.82 Å². The van der Waals surface area contributed by atoms with Gasteiger partial charge in [0, 0.05) is 12.6 Å². The molecule has 0 bridgehead atoms. The molecule has 0 heterocycles. The maximum atomic E-state index is 13.5. The van der Waals surface area contributed by atoms with Crippen molar-refractivity contribution in [1.82, 2.24) is 5.43 Å². The lowest BCUT2D eigenvalue weighted by Gasteiger charge is -2.12. The van der Waals surface area contributed by atoms with Crippen LogP contribution in [0.2, 0.25) is 5.02 Å². The molecule has 0 radical (unpaired) electrons. The minimum atomic E-state index is -0.813. The van der Waals surface area contributed by atoms with Crippen molar-refractivity contribution in [3.8, 4) is 0 Å². The standard InChI is InChI=1S/C11H15ClF2N4/c1-6(2)5-16-11(18-15)17-10-8(12)3-7(13)4-9(10)14/h3-4,6H,5,15H2,1-2H3,(H2,16,17,18). The average Bonchev–Trinajstić information content (AvgIpc) is 2.26. The number of aliphatic imine (C=N–C) groups is 1. The molecule has 0 aliphatic heterocycles. The number of nitrogens with zero attached hydrogens (tertiary/aromatic N) is 1. The summed E-state index contributed by atoms with van der Waals surface area (Å²) in [6.45, 7) is 4.46. The number of guanidine groups is 1. The van der Waals surface area contributed by atoms with Crippen LogP contribution in [-0.4, -0.2) is 12.5 Å². The third-order valence-electron chi connectivity index (χ3n) is 2.00. The molecule has 1 rings (SSSR count). The van der Waals surface area contributed by atoms with E-state index in [1.54, 1.807) is 0 Å². The fraction of sp³-hybridized carbons (Fsp3) is 0.364. The molecular formula is C11H15ClF2N4. The molecule has 0 spiro atoms. The van der Waals surface area contributed by atoms with Crippen molar-refractivity contribution in [2.75, 3.05) is 11.9 Å². The van der Waals surface area contributed by atoms with Crippen molar-refractivity contribution >= 4 is 23.2 Å². The summed E-state index contributed by atoms with van der Waals surface area (Å²) < 4.78 is 26.4. The van der Waals surface area contributed by atoms with Crippen LogP contribution in [0.4, 0.5) is 14.5 Å². The smallest absolute Gasteiger partial charge is 0.210 e. The Balaban J connectivity index is 2.92. The first-order valence-electron chi connectivity index (χ1n) is 5.36. The Labute approximate surface area is 109 Å². The average molecular weight is 277 g/mol. The summed E-state index contributed by atoms with van der Waals surface area (Å²) in [5.41, 5.74) is 2.22. The van der Waals surface area contributed by atoms with Crippen molar-refractivity contribution in [1.29, 1.82) is 0 Å². The van der Waals surface area contributed by atoms with Crippen LogP contribution in [-0.2, 0) is 0 Å². The Morgan fingerprint density at radius 2 is 2.11 bits per heavy atom. The second-order valence-corrected chi connectivity index (χ2v) is 4.50. The van der Waals surface area contributed by atoms with Crippen LogP contribution in [0.25, 0.3) is 0 Å². The van der Waals surface area contributed by atoms with Crippen molar-refractivity contribution in [3.05, 3.63) is 28.8 Å². The molecule has 4 nitrogen and oxygen atoms in total. The molecule has 18 heavy (non-hydrogen) atoms. The van der Waals surface area contributed by atoms with Gasteiger partial charge in [0.05, 0.1) is 10.7 Å². The van der Waals surface area contributed by atoms with Gasteiger partial charge < -0.3 is 5.32 Å². The summed E-state index contributed by atoms with van der Waals surface area (Å²) in [6, 6.07) is 1.73. The molecule has 0 fully saturated rings. The number of nitrogens with one attached hydrogen (secondary N) is 2. The molecular weight excluding hydrogens is 262 g/mol. The van der Waals surface area contributed by atoms with Gasteiger partial charge in [-0.05, 0) is 12.0 Å². The van der Waals surface area contributed by atoms with Gasteiger partial charge >= 0.3 is 0 Å². The summed E-state index contributed by atoms with van der Waals surface area (Å²) in [4.78, 5) is 4.09. The molecule has 0 saturated carbocycles. The molecule has 4 N–H and O–H groups in total. The number of nitrogens with two attached hydrogens (primary N) is 1. The quantitative estimate of drug-likeness (QED) is 0.344. The Morgan fingerprint density at radius 3 is 2.61 bits per heavy atom. The molecule has 0 atom stereocenters. The van der Waals surface area contributed by atoms with Gasteiger partial charge in [-0.1, -0.05) is 25.4 Å². The molecule has 100 valence electrons. The minimum Gasteiger partial charge on any atom is -0.322 e. The van der Waals surface area contributed by atoms with Gasteiger partial charge in [0.2, 0.25) is 5.96 Å². The van der Waals surface area contributed by atoms with Gasteiger partial charge in [0.1, 0.15) is 5.82 Å². The van der Waals surface area contributed by atoms with E-state index in [1.807, 2.05) is 13.8 Å². The van der Waals surface area contributed by atoms with Crippen LogP contribution >= 0.6 is 11.6 Å². The first-order chi connectivity index (χ1) is 8.43. The molecule has 0 unspecified atom stereocenters. The van der Waals surface area contributed by atoms with Gasteiger partial charge in [-0.2, -0.15) is 0 Å². The molecule has 0 saturated heterocycles. The second-order valence-electron chi connectivity index (χ2n) is 4.10. The predicted octanol–water partition coefficient (Wildman–Crippen LogP) is 2.51. The van der Waals surface area contributed by atoms with Gasteiger partial charge in [-0.15, -0.1) is 0 Å². The zero-order valence-electron chi connectivity index (χ0n) is 10.1. The van der Waals surface area contributed by atoms with Crippen molar-refractivity contribution in [3.63, 3.8) is 0 Å². The van der Waals surface area contributed by atoms with Crippen LogP contribution in [0.5, 0.6) is 0 Å². The maximum absolute atomic E-state index is 13.5. The highest BCUT2D eigenvalue weighted by Crippen LogP contribution is 2.26. The zero-order valence-corrected chi connectivity index (χ0v) is 10.9. The van der Waals surface area contributed by atoms with E-state index < -0.39 is 11.6 Å². The lowest BCUT2D eigenvalue weighted by atomic mass is 10.2. The van der Waals surface area contributed by atoms with Crippen LogP contribution in [0, 0.1) is 17.6 Å². The maximum Gasteiger partial charge on any atom is 0.210 e. The van der Waals surface area contributed by atoms with Crippen molar-refractivity contribution < 1.29 is 8.78 Å². The number of hydrogen-bond donors (Lipinski definition) is 3. The van der Waals surface area contributed by atoms with E-state index >= 15 is 0 Å². The number of halogens is 3. The number of benzene rings is 1. The monoisotopic (exact) mass is 276 g/mol. The first-order valence-corrected chi connectivity index (χ1v) is 5.74. The molecule has 1 aromatic rings. The Kier molecular flexibility index (Phi) is 5.30. The summed E-state index contributed by atoms with van der Waals surface area (Å²) in [5.74, 6) is 4.18. The highest BCUT2D eigenvalue weighted by molar-refractivity contribution is 6.33. The van der Waals surface area contributed by atoms with E-state index in [1.165, 1.54) is 0 Å². The number of hydrazine groups is 1. The predicted molar refractivity (Wildman–Crippen MR) is 69.5 cm³/mol. The van der Waals surface area contributed by atoms with E-state index in [0.717, 1.165) is 12.1 Å². The molecule has 0 amide bonds. The van der Waals surface area contributed by atoms with E-state index in [0.29, 0.717) is 12.5 Å². The number of rotatable bonds is 3. The van der Waals surface area contributed by atoms with Gasteiger partial charge in [-0.3, -0.25) is 10.4 Å². The van der Waals surface area contributed by atoms with E-state index in [4.69, 9.17) is 17.4 Å². The third-order valence-corrected chi connectivity index (χ3v) is 2.30. The summed E-state index contributed by atoms with van der Waals surface area (Å²) in [5, 5.41) is 2.50. The lowest BCUT2D eigenvalue weighted by Crippen LogP contribution is -2.37. The fourth-order valence-corrected chi connectivity index (χ4v) is 1.42. The first kappa shape index (κ1) is 14.7. The largest absolute Gasteiger partial charge is 0.322 e. The summed E-state index contributed by atoms with van der Waals surface area (Å²) in [7, 11) is 0. The molecule has 1 aromatic carbocycles. The molecule has 0 aliphatic carbocycles. The Morgan fingerprint density at radius 1 is 1.44 bits per heavy atom. The van der Waals surface area contributed by atoms with Crippen LogP contribution in [0.15, 0.2) is 17.1 Å². The highest BCUT2D eigenvalue weighted by atomic mass is 35.5. The second kappa shape index (κ2) is 6.51. The van der Waals surface area contributed by atoms with Crippen LogP contribution in [0.3, 0.4) is 0 Å². The lowest BCUT2D eigenvalue weighted by molar-refractivity contribution is 0.586. The third kappa shape index (κ3) is 4.12. The number of anilines is 1. The minimum absolute atomic E-state index is 0.0708. The van der Waals surface area contributed by atoms with Crippen molar-refractivity contribution in [2.24, 2.45) is 16.8 Å². The topological polar surface area (TPSA) is 62.4 Å².